The lowest BCUT2D eigenvalue weighted by Gasteiger charge is -2.39. The molecule has 2 saturated heterocycles. The molecule has 1 aromatic heterocycles. The number of rotatable bonds is 6. The molecule has 0 aliphatic carbocycles. The fraction of sp³-hybridized carbons (Fsp3) is 0.545. The summed E-state index contributed by atoms with van der Waals surface area (Å²) in [5.74, 6) is 0.844. The van der Waals surface area contributed by atoms with Crippen LogP contribution in [0.1, 0.15) is 23.3 Å². The van der Waals surface area contributed by atoms with Gasteiger partial charge in [-0.1, -0.05) is 36.4 Å². The minimum Gasteiger partial charge on any atom is -0.300 e. The monoisotopic (exact) mass is 369 g/mol. The smallest absolute Gasteiger partial charge is 0.0328 e. The fourth-order valence-corrected chi connectivity index (χ4v) is 5.15. The first-order valence-electron chi connectivity index (χ1n) is 10.1. The van der Waals surface area contributed by atoms with Gasteiger partial charge in [-0.25, -0.2) is 0 Å². The normalized spacial score (nSPS) is 23.3. The summed E-state index contributed by atoms with van der Waals surface area (Å²) >= 11 is 1.89. The van der Waals surface area contributed by atoms with Gasteiger partial charge in [-0.15, -0.1) is 11.3 Å². The van der Waals surface area contributed by atoms with Gasteiger partial charge in [0, 0.05) is 57.2 Å². The topological polar surface area (TPSA) is 9.72 Å². The third kappa shape index (κ3) is 5.17. The summed E-state index contributed by atoms with van der Waals surface area (Å²) in [6, 6.07) is 15.4. The molecule has 3 heterocycles. The van der Waals surface area contributed by atoms with Gasteiger partial charge in [-0.05, 0) is 42.3 Å². The molecule has 2 aromatic rings. The molecule has 0 radical (unpaired) electrons. The summed E-state index contributed by atoms with van der Waals surface area (Å²) < 4.78 is 0. The summed E-state index contributed by atoms with van der Waals surface area (Å²) in [5.41, 5.74) is 1.45. The fourth-order valence-electron chi connectivity index (χ4n) is 4.40. The van der Waals surface area contributed by atoms with Crippen molar-refractivity contribution in [3.63, 3.8) is 0 Å². The van der Waals surface area contributed by atoms with Gasteiger partial charge in [0.2, 0.25) is 0 Å². The summed E-state index contributed by atoms with van der Waals surface area (Å²) in [5, 5.41) is 2.19. The van der Waals surface area contributed by atoms with Crippen LogP contribution in [0.4, 0.5) is 0 Å². The number of piperazine rings is 1. The van der Waals surface area contributed by atoms with Crippen LogP contribution >= 0.6 is 11.3 Å². The molecule has 0 saturated carbocycles. The SMILES string of the molecule is c1ccc(CN2CCCC(CN3CCN(Cc4cccs4)CC3)C2)cc1. The molecule has 0 spiro atoms. The van der Waals surface area contributed by atoms with Crippen LogP contribution in [-0.2, 0) is 13.1 Å². The molecule has 2 aliphatic heterocycles. The third-order valence-corrected chi connectivity index (χ3v) is 6.65. The highest BCUT2D eigenvalue weighted by atomic mass is 32.1. The van der Waals surface area contributed by atoms with Gasteiger partial charge in [0.1, 0.15) is 0 Å². The van der Waals surface area contributed by atoms with E-state index in [9.17, 15) is 0 Å². The Kier molecular flexibility index (Phi) is 6.39. The Bertz CT molecular complexity index is 635. The van der Waals surface area contributed by atoms with E-state index in [2.05, 4.69) is 62.5 Å². The molecular formula is C22H31N3S. The average Bonchev–Trinajstić information content (AvgIpc) is 3.18. The highest BCUT2D eigenvalue weighted by molar-refractivity contribution is 7.09. The van der Waals surface area contributed by atoms with E-state index >= 15 is 0 Å². The average molecular weight is 370 g/mol. The van der Waals surface area contributed by atoms with Crippen molar-refractivity contribution in [3.05, 3.63) is 58.3 Å². The van der Waals surface area contributed by atoms with Gasteiger partial charge in [-0.3, -0.25) is 9.80 Å². The van der Waals surface area contributed by atoms with Gasteiger partial charge >= 0.3 is 0 Å². The second-order valence-electron chi connectivity index (χ2n) is 7.89. The minimum absolute atomic E-state index is 0.844. The van der Waals surface area contributed by atoms with Crippen LogP contribution in [-0.4, -0.2) is 60.5 Å². The summed E-state index contributed by atoms with van der Waals surface area (Å²) in [4.78, 5) is 9.49. The Morgan fingerprint density at radius 3 is 2.38 bits per heavy atom. The molecule has 0 amide bonds. The lowest BCUT2D eigenvalue weighted by molar-refractivity contribution is 0.0853. The largest absolute Gasteiger partial charge is 0.300 e. The van der Waals surface area contributed by atoms with Crippen molar-refractivity contribution in [2.45, 2.75) is 25.9 Å². The molecule has 1 unspecified atom stereocenters. The Labute approximate surface area is 162 Å². The molecule has 3 nitrogen and oxygen atoms in total. The summed E-state index contributed by atoms with van der Waals surface area (Å²) in [7, 11) is 0. The number of thiophene rings is 1. The molecule has 26 heavy (non-hydrogen) atoms. The maximum Gasteiger partial charge on any atom is 0.0328 e. The molecule has 140 valence electrons. The number of likely N-dealkylation sites (tertiary alicyclic amines) is 1. The van der Waals surface area contributed by atoms with E-state index < -0.39 is 0 Å². The van der Waals surface area contributed by atoms with E-state index in [1.165, 1.54) is 69.1 Å². The van der Waals surface area contributed by atoms with Gasteiger partial charge in [-0.2, -0.15) is 0 Å². The standard InChI is InChI=1S/C22H31N3S/c1-2-6-20(7-3-1)16-25-10-4-8-21(18-25)17-23-11-13-24(14-12-23)19-22-9-5-15-26-22/h1-3,5-7,9,15,21H,4,8,10-14,16-19H2. The molecule has 1 atom stereocenters. The van der Waals surface area contributed by atoms with E-state index in [4.69, 9.17) is 0 Å². The number of piperidine rings is 1. The van der Waals surface area contributed by atoms with E-state index in [0.29, 0.717) is 0 Å². The van der Waals surface area contributed by atoms with E-state index in [0.717, 1.165) is 19.0 Å². The van der Waals surface area contributed by atoms with Crippen molar-refractivity contribution in [1.82, 2.24) is 14.7 Å². The van der Waals surface area contributed by atoms with Crippen LogP contribution in [0.2, 0.25) is 0 Å². The van der Waals surface area contributed by atoms with E-state index in [-0.39, 0.29) is 0 Å². The lowest BCUT2D eigenvalue weighted by atomic mass is 9.96. The first-order chi connectivity index (χ1) is 12.8. The Morgan fingerprint density at radius 2 is 1.62 bits per heavy atom. The van der Waals surface area contributed by atoms with Crippen molar-refractivity contribution < 1.29 is 0 Å². The Hall–Kier alpha value is -1.20. The number of hydrogen-bond donors (Lipinski definition) is 0. The maximum absolute atomic E-state index is 2.71. The minimum atomic E-state index is 0.844. The summed E-state index contributed by atoms with van der Waals surface area (Å²) in [6.07, 6.45) is 2.76. The van der Waals surface area contributed by atoms with Crippen LogP contribution < -0.4 is 0 Å². The number of nitrogens with zero attached hydrogens (tertiary/aromatic N) is 3. The number of benzene rings is 1. The van der Waals surface area contributed by atoms with Crippen molar-refractivity contribution in [1.29, 1.82) is 0 Å². The van der Waals surface area contributed by atoms with Crippen molar-refractivity contribution in [3.8, 4) is 0 Å². The third-order valence-electron chi connectivity index (χ3n) is 5.79. The quantitative estimate of drug-likeness (QED) is 0.767. The molecular weight excluding hydrogens is 338 g/mol. The van der Waals surface area contributed by atoms with Gasteiger partial charge in [0.05, 0.1) is 0 Å². The maximum atomic E-state index is 2.71. The van der Waals surface area contributed by atoms with Crippen molar-refractivity contribution in [2.75, 3.05) is 45.8 Å². The summed E-state index contributed by atoms with van der Waals surface area (Å²) in [6.45, 7) is 11.0. The first-order valence-corrected chi connectivity index (χ1v) is 11.0. The zero-order chi connectivity index (χ0) is 17.6. The molecule has 0 bridgehead atoms. The van der Waals surface area contributed by atoms with Crippen LogP contribution in [0.3, 0.4) is 0 Å². The van der Waals surface area contributed by atoms with Crippen LogP contribution in [0.5, 0.6) is 0 Å². The first kappa shape index (κ1) is 18.2. The zero-order valence-corrected chi connectivity index (χ0v) is 16.5. The Morgan fingerprint density at radius 1 is 0.808 bits per heavy atom. The van der Waals surface area contributed by atoms with Crippen molar-refractivity contribution >= 4 is 11.3 Å². The highest BCUT2D eigenvalue weighted by Gasteiger charge is 2.24. The highest BCUT2D eigenvalue weighted by Crippen LogP contribution is 2.21. The Balaban J connectivity index is 1.20. The predicted molar refractivity (Wildman–Crippen MR) is 110 cm³/mol. The second-order valence-corrected chi connectivity index (χ2v) is 8.92. The van der Waals surface area contributed by atoms with Crippen LogP contribution in [0.25, 0.3) is 0 Å². The molecule has 1 aromatic carbocycles. The molecule has 4 rings (SSSR count). The predicted octanol–water partition coefficient (Wildman–Crippen LogP) is 3.78. The van der Waals surface area contributed by atoms with Gasteiger partial charge in [0.15, 0.2) is 0 Å². The van der Waals surface area contributed by atoms with E-state index in [1.54, 1.807) is 0 Å². The number of hydrogen-bond acceptors (Lipinski definition) is 4. The molecule has 4 heteroatoms. The van der Waals surface area contributed by atoms with Crippen molar-refractivity contribution in [2.24, 2.45) is 5.92 Å². The van der Waals surface area contributed by atoms with Gasteiger partial charge in [0.25, 0.3) is 0 Å². The molecule has 2 fully saturated rings. The zero-order valence-electron chi connectivity index (χ0n) is 15.7. The van der Waals surface area contributed by atoms with Crippen LogP contribution in [0.15, 0.2) is 47.8 Å². The second kappa shape index (κ2) is 9.14. The molecule has 2 aliphatic rings. The molecule has 0 N–H and O–H groups in total. The van der Waals surface area contributed by atoms with Gasteiger partial charge < -0.3 is 4.90 Å². The lowest BCUT2D eigenvalue weighted by Crippen LogP contribution is -2.49. The van der Waals surface area contributed by atoms with E-state index in [1.807, 2.05) is 11.3 Å². The van der Waals surface area contributed by atoms with Crippen LogP contribution in [0, 0.1) is 5.92 Å².